The molecule has 0 aliphatic carbocycles. The van der Waals surface area contributed by atoms with Gasteiger partial charge in [0, 0.05) is 19.0 Å². The van der Waals surface area contributed by atoms with Gasteiger partial charge in [-0.05, 0) is 26.2 Å². The number of amides is 1. The Morgan fingerprint density at radius 2 is 1.76 bits per heavy atom. The molecule has 0 bridgehead atoms. The summed E-state index contributed by atoms with van der Waals surface area (Å²) in [6, 6.07) is 0. The summed E-state index contributed by atoms with van der Waals surface area (Å²) in [5, 5.41) is 2.49. The van der Waals surface area contributed by atoms with Crippen molar-refractivity contribution in [2.45, 2.75) is 33.1 Å². The van der Waals surface area contributed by atoms with Gasteiger partial charge < -0.3 is 10.1 Å². The SMILES string of the molecule is C=C(C)C(=O)OCCCCCNC(=O)C(C)=O. The van der Waals surface area contributed by atoms with E-state index in [1.807, 2.05) is 0 Å². The van der Waals surface area contributed by atoms with Crippen molar-refractivity contribution in [2.75, 3.05) is 13.2 Å². The van der Waals surface area contributed by atoms with Crippen molar-refractivity contribution in [3.05, 3.63) is 12.2 Å². The van der Waals surface area contributed by atoms with Crippen molar-refractivity contribution in [3.8, 4) is 0 Å². The molecule has 17 heavy (non-hydrogen) atoms. The van der Waals surface area contributed by atoms with Gasteiger partial charge in [-0.2, -0.15) is 0 Å². The third-order valence-corrected chi connectivity index (χ3v) is 2.01. The number of ether oxygens (including phenoxy) is 1. The van der Waals surface area contributed by atoms with E-state index >= 15 is 0 Å². The van der Waals surface area contributed by atoms with Crippen molar-refractivity contribution in [3.63, 3.8) is 0 Å². The number of hydrogen-bond donors (Lipinski definition) is 1. The van der Waals surface area contributed by atoms with Crippen LogP contribution in [0.15, 0.2) is 12.2 Å². The quantitative estimate of drug-likeness (QED) is 0.297. The van der Waals surface area contributed by atoms with Gasteiger partial charge in [-0.3, -0.25) is 9.59 Å². The second-order valence-corrected chi connectivity index (χ2v) is 3.79. The van der Waals surface area contributed by atoms with Crippen LogP contribution in [-0.2, 0) is 19.1 Å². The molecule has 0 atom stereocenters. The van der Waals surface area contributed by atoms with Gasteiger partial charge >= 0.3 is 5.97 Å². The zero-order valence-corrected chi connectivity index (χ0v) is 10.4. The molecule has 0 spiro atoms. The maximum Gasteiger partial charge on any atom is 0.333 e. The molecule has 0 aromatic carbocycles. The molecule has 0 aromatic heterocycles. The Balaban J connectivity index is 3.36. The number of hydrogen-bond acceptors (Lipinski definition) is 4. The van der Waals surface area contributed by atoms with Crippen LogP contribution >= 0.6 is 0 Å². The molecule has 96 valence electrons. The number of rotatable bonds is 8. The molecule has 0 unspecified atom stereocenters. The molecule has 0 radical (unpaired) electrons. The van der Waals surface area contributed by atoms with E-state index in [1.165, 1.54) is 6.92 Å². The highest BCUT2D eigenvalue weighted by atomic mass is 16.5. The Morgan fingerprint density at radius 1 is 1.12 bits per heavy atom. The van der Waals surface area contributed by atoms with Crippen LogP contribution in [0.2, 0.25) is 0 Å². The van der Waals surface area contributed by atoms with E-state index in [2.05, 4.69) is 11.9 Å². The first-order valence-corrected chi connectivity index (χ1v) is 5.56. The smallest absolute Gasteiger partial charge is 0.333 e. The highest BCUT2D eigenvalue weighted by Crippen LogP contribution is 1.98. The molecule has 0 heterocycles. The first kappa shape index (κ1) is 15.3. The number of Topliss-reactive ketones (excluding diaryl/α,β-unsaturated/α-hetero) is 1. The van der Waals surface area contributed by atoms with Crippen molar-refractivity contribution in [1.82, 2.24) is 5.32 Å². The number of esters is 1. The summed E-state index contributed by atoms with van der Waals surface area (Å²) in [5.41, 5.74) is 0.388. The van der Waals surface area contributed by atoms with Gasteiger partial charge in [-0.25, -0.2) is 4.79 Å². The topological polar surface area (TPSA) is 72.5 Å². The fourth-order valence-corrected chi connectivity index (χ4v) is 1.02. The van der Waals surface area contributed by atoms with Crippen LogP contribution in [0.25, 0.3) is 0 Å². The fraction of sp³-hybridized carbons (Fsp3) is 0.583. The summed E-state index contributed by atoms with van der Waals surface area (Å²) >= 11 is 0. The lowest BCUT2D eigenvalue weighted by Crippen LogP contribution is -2.29. The number of ketones is 1. The minimum Gasteiger partial charge on any atom is -0.462 e. The highest BCUT2D eigenvalue weighted by molar-refractivity contribution is 6.35. The lowest BCUT2D eigenvalue weighted by molar-refractivity contribution is -0.139. The monoisotopic (exact) mass is 241 g/mol. The number of carbonyl (C=O) groups is 3. The average Bonchev–Trinajstić information content (AvgIpc) is 2.26. The van der Waals surface area contributed by atoms with Crippen LogP contribution in [0.3, 0.4) is 0 Å². The zero-order valence-electron chi connectivity index (χ0n) is 10.4. The summed E-state index contributed by atoms with van der Waals surface area (Å²) in [4.78, 5) is 32.4. The Morgan fingerprint density at radius 3 is 2.29 bits per heavy atom. The molecule has 0 aliphatic heterocycles. The normalized spacial score (nSPS) is 9.53. The second kappa shape index (κ2) is 8.50. The van der Waals surface area contributed by atoms with Gasteiger partial charge in [0.2, 0.25) is 5.78 Å². The van der Waals surface area contributed by atoms with Crippen LogP contribution in [0.1, 0.15) is 33.1 Å². The van der Waals surface area contributed by atoms with E-state index in [1.54, 1.807) is 6.92 Å². The third-order valence-electron chi connectivity index (χ3n) is 2.01. The van der Waals surface area contributed by atoms with Gasteiger partial charge in [0.1, 0.15) is 0 Å². The van der Waals surface area contributed by atoms with Gasteiger partial charge in [0.25, 0.3) is 5.91 Å². The largest absolute Gasteiger partial charge is 0.462 e. The maximum atomic E-state index is 11.0. The van der Waals surface area contributed by atoms with Crippen LogP contribution in [0.5, 0.6) is 0 Å². The summed E-state index contributed by atoms with van der Waals surface area (Å²) < 4.78 is 4.89. The lowest BCUT2D eigenvalue weighted by atomic mass is 10.2. The molecular formula is C12H19NO4. The molecule has 0 saturated heterocycles. The Kier molecular flexibility index (Phi) is 7.67. The van der Waals surface area contributed by atoms with Crippen LogP contribution < -0.4 is 5.32 Å². The molecule has 1 N–H and O–H groups in total. The molecule has 0 rings (SSSR count). The first-order valence-electron chi connectivity index (χ1n) is 5.56. The molecule has 0 fully saturated rings. The zero-order chi connectivity index (χ0) is 13.3. The van der Waals surface area contributed by atoms with E-state index in [0.29, 0.717) is 18.7 Å². The second-order valence-electron chi connectivity index (χ2n) is 3.79. The van der Waals surface area contributed by atoms with Gasteiger partial charge in [0.05, 0.1) is 6.61 Å². The number of carbonyl (C=O) groups excluding carboxylic acids is 3. The molecule has 5 nitrogen and oxygen atoms in total. The summed E-state index contributed by atoms with van der Waals surface area (Å²) in [5.74, 6) is -1.42. The number of nitrogens with one attached hydrogen (secondary N) is 1. The minimum atomic E-state index is -0.557. The van der Waals surface area contributed by atoms with Crippen LogP contribution in [0.4, 0.5) is 0 Å². The van der Waals surface area contributed by atoms with Crippen molar-refractivity contribution in [2.24, 2.45) is 0 Å². The lowest BCUT2D eigenvalue weighted by Gasteiger charge is -2.04. The van der Waals surface area contributed by atoms with Gasteiger partial charge in [-0.1, -0.05) is 6.58 Å². The van der Waals surface area contributed by atoms with E-state index in [9.17, 15) is 14.4 Å². The fourth-order valence-electron chi connectivity index (χ4n) is 1.02. The van der Waals surface area contributed by atoms with E-state index in [4.69, 9.17) is 4.74 Å². The molecular weight excluding hydrogens is 222 g/mol. The first-order chi connectivity index (χ1) is 7.95. The Bertz CT molecular complexity index is 280. The number of unbranched alkanes of at least 4 members (excludes halogenated alkanes) is 2. The Labute approximate surface area is 101 Å². The van der Waals surface area contributed by atoms with E-state index in [-0.39, 0.29) is 5.97 Å². The molecule has 0 aliphatic rings. The highest BCUT2D eigenvalue weighted by Gasteiger charge is 2.05. The van der Waals surface area contributed by atoms with Crippen LogP contribution in [-0.4, -0.2) is 30.8 Å². The van der Waals surface area contributed by atoms with Crippen molar-refractivity contribution >= 4 is 17.7 Å². The predicted octanol–water partition coefficient (Wildman–Crippen LogP) is 0.981. The van der Waals surface area contributed by atoms with Crippen molar-refractivity contribution in [1.29, 1.82) is 0 Å². The van der Waals surface area contributed by atoms with Gasteiger partial charge in [0.15, 0.2) is 0 Å². The average molecular weight is 241 g/mol. The predicted molar refractivity (Wildman–Crippen MR) is 63.3 cm³/mol. The van der Waals surface area contributed by atoms with Gasteiger partial charge in [-0.15, -0.1) is 0 Å². The molecule has 1 amide bonds. The van der Waals surface area contributed by atoms with E-state index in [0.717, 1.165) is 19.3 Å². The third kappa shape index (κ3) is 8.19. The Hall–Kier alpha value is -1.65. The minimum absolute atomic E-state index is 0.354. The summed E-state index contributed by atoms with van der Waals surface area (Å²) in [6.45, 7) is 7.11. The molecule has 0 aromatic rings. The van der Waals surface area contributed by atoms with E-state index < -0.39 is 11.7 Å². The van der Waals surface area contributed by atoms with Crippen LogP contribution in [0, 0.1) is 0 Å². The summed E-state index contributed by atoms with van der Waals surface area (Å²) in [7, 11) is 0. The molecule has 0 saturated carbocycles. The standard InChI is InChI=1S/C12H19NO4/c1-9(2)12(16)17-8-6-4-5-7-13-11(15)10(3)14/h1,4-8H2,2-3H3,(H,13,15). The van der Waals surface area contributed by atoms with Crippen molar-refractivity contribution < 1.29 is 19.1 Å². The maximum absolute atomic E-state index is 11.0. The molecule has 5 heteroatoms. The summed E-state index contributed by atoms with van der Waals surface area (Å²) in [6.07, 6.45) is 2.31.